The molecule has 14 heavy (non-hydrogen) atoms. The van der Waals surface area contributed by atoms with Crippen LogP contribution in [0.2, 0.25) is 0 Å². The summed E-state index contributed by atoms with van der Waals surface area (Å²) in [5, 5.41) is 7.14. The van der Waals surface area contributed by atoms with E-state index in [4.69, 9.17) is 0 Å². The summed E-state index contributed by atoms with van der Waals surface area (Å²) >= 11 is 0. The molecule has 0 aliphatic carbocycles. The Labute approximate surface area is 81.1 Å². The molecule has 0 amide bonds. The predicted octanol–water partition coefficient (Wildman–Crippen LogP) is 1.75. The van der Waals surface area contributed by atoms with Crippen LogP contribution in [-0.4, -0.2) is 22.9 Å². The number of alkyl halides is 2. The Morgan fingerprint density at radius 1 is 1.57 bits per heavy atom. The van der Waals surface area contributed by atoms with Crippen molar-refractivity contribution in [3.05, 3.63) is 18.0 Å². The van der Waals surface area contributed by atoms with Gasteiger partial charge in [0.2, 0.25) is 0 Å². The Hall–Kier alpha value is -0.970. The molecule has 1 saturated heterocycles. The van der Waals surface area contributed by atoms with Gasteiger partial charge in [0.05, 0.1) is 6.04 Å². The second-order valence-electron chi connectivity index (χ2n) is 3.50. The first kappa shape index (κ1) is 9.58. The number of nitrogens with zero attached hydrogens (tertiary/aromatic N) is 2. The molecule has 1 unspecified atom stereocenters. The molecular formula is C9H13F2N3. The predicted molar refractivity (Wildman–Crippen MR) is 48.3 cm³/mol. The van der Waals surface area contributed by atoms with Crippen LogP contribution in [0.25, 0.3) is 0 Å². The first-order chi connectivity index (χ1) is 6.79. The smallest absolute Gasteiger partial charge is 0.280 e. The molecule has 0 saturated carbocycles. The van der Waals surface area contributed by atoms with Crippen molar-refractivity contribution in [1.82, 2.24) is 15.1 Å². The van der Waals surface area contributed by atoms with Crippen LogP contribution >= 0.6 is 0 Å². The lowest BCUT2D eigenvalue weighted by molar-refractivity contribution is 0.133. The number of aromatic nitrogens is 2. The first-order valence-corrected chi connectivity index (χ1v) is 4.81. The highest BCUT2D eigenvalue weighted by Crippen LogP contribution is 2.24. The number of nitrogens with one attached hydrogen (secondary N) is 1. The minimum atomic E-state index is -2.43. The van der Waals surface area contributed by atoms with E-state index >= 15 is 0 Å². The molecule has 1 atom stereocenters. The molecule has 0 radical (unpaired) electrons. The van der Waals surface area contributed by atoms with Crippen molar-refractivity contribution in [1.29, 1.82) is 0 Å². The quantitative estimate of drug-likeness (QED) is 0.790. The topological polar surface area (TPSA) is 29.9 Å². The maximum absolute atomic E-state index is 12.5. The van der Waals surface area contributed by atoms with Crippen LogP contribution in [0.15, 0.2) is 12.3 Å². The van der Waals surface area contributed by atoms with E-state index in [2.05, 4.69) is 10.4 Å². The SMILES string of the molecule is FC(F)c1ccnn1C1CCCNC1. The van der Waals surface area contributed by atoms with Gasteiger partial charge < -0.3 is 5.32 Å². The molecule has 1 aliphatic heterocycles. The van der Waals surface area contributed by atoms with Crippen LogP contribution in [0.4, 0.5) is 8.78 Å². The van der Waals surface area contributed by atoms with Gasteiger partial charge in [0.25, 0.3) is 6.43 Å². The molecule has 0 spiro atoms. The molecule has 78 valence electrons. The minimum absolute atomic E-state index is 0.0266. The van der Waals surface area contributed by atoms with E-state index in [9.17, 15) is 8.78 Å². The van der Waals surface area contributed by atoms with E-state index in [0.29, 0.717) is 0 Å². The van der Waals surface area contributed by atoms with Gasteiger partial charge >= 0.3 is 0 Å². The van der Waals surface area contributed by atoms with Crippen LogP contribution in [0.1, 0.15) is 31.0 Å². The average molecular weight is 201 g/mol. The lowest BCUT2D eigenvalue weighted by Gasteiger charge is -2.24. The third kappa shape index (κ3) is 1.77. The van der Waals surface area contributed by atoms with Crippen LogP contribution in [-0.2, 0) is 0 Å². The Kier molecular flexibility index (Phi) is 2.77. The zero-order chi connectivity index (χ0) is 9.97. The largest absolute Gasteiger partial charge is 0.315 e. The molecule has 1 aliphatic rings. The summed E-state index contributed by atoms with van der Waals surface area (Å²) < 4.78 is 26.5. The molecule has 0 bridgehead atoms. The number of hydrogen-bond acceptors (Lipinski definition) is 2. The number of rotatable bonds is 2. The van der Waals surface area contributed by atoms with Crippen LogP contribution in [0.3, 0.4) is 0 Å². The summed E-state index contributed by atoms with van der Waals surface area (Å²) in [7, 11) is 0. The van der Waals surface area contributed by atoms with Crippen molar-refractivity contribution in [2.24, 2.45) is 0 Å². The molecule has 3 nitrogen and oxygen atoms in total. The molecule has 1 aromatic heterocycles. The van der Waals surface area contributed by atoms with Crippen molar-refractivity contribution in [3.63, 3.8) is 0 Å². The summed E-state index contributed by atoms with van der Waals surface area (Å²) in [5.74, 6) is 0. The molecule has 1 aromatic rings. The fourth-order valence-electron chi connectivity index (χ4n) is 1.84. The summed E-state index contributed by atoms with van der Waals surface area (Å²) in [5.41, 5.74) is 0.0266. The number of piperidine rings is 1. The van der Waals surface area contributed by atoms with Gasteiger partial charge in [0.15, 0.2) is 0 Å². The highest BCUT2D eigenvalue weighted by Gasteiger charge is 2.21. The molecule has 2 heterocycles. The maximum atomic E-state index is 12.5. The molecule has 0 aromatic carbocycles. The maximum Gasteiger partial charge on any atom is 0.280 e. The van der Waals surface area contributed by atoms with Crippen molar-refractivity contribution >= 4 is 0 Å². The standard InChI is InChI=1S/C9H13F2N3/c10-9(11)8-3-5-13-14(8)7-2-1-4-12-6-7/h3,5,7,9,12H,1-2,4,6H2. The molecular weight excluding hydrogens is 188 g/mol. The second-order valence-corrected chi connectivity index (χ2v) is 3.50. The zero-order valence-corrected chi connectivity index (χ0v) is 7.79. The normalized spacial score (nSPS) is 22.9. The Bertz CT molecular complexity index is 292. The van der Waals surface area contributed by atoms with E-state index in [-0.39, 0.29) is 11.7 Å². The van der Waals surface area contributed by atoms with E-state index in [1.54, 1.807) is 0 Å². The van der Waals surface area contributed by atoms with Gasteiger partial charge in [-0.05, 0) is 25.5 Å². The van der Waals surface area contributed by atoms with Crippen molar-refractivity contribution in [2.45, 2.75) is 25.3 Å². The van der Waals surface area contributed by atoms with Gasteiger partial charge in [-0.1, -0.05) is 0 Å². The van der Waals surface area contributed by atoms with Crippen molar-refractivity contribution in [3.8, 4) is 0 Å². The van der Waals surface area contributed by atoms with Crippen LogP contribution < -0.4 is 5.32 Å². The number of halogens is 2. The van der Waals surface area contributed by atoms with Gasteiger partial charge in [0, 0.05) is 12.7 Å². The fourth-order valence-corrected chi connectivity index (χ4v) is 1.84. The van der Waals surface area contributed by atoms with Crippen LogP contribution in [0.5, 0.6) is 0 Å². The number of hydrogen-bond donors (Lipinski definition) is 1. The molecule has 1 N–H and O–H groups in total. The molecule has 1 fully saturated rings. The summed E-state index contributed by atoms with van der Waals surface area (Å²) in [6, 6.07) is 1.47. The Morgan fingerprint density at radius 3 is 3.07 bits per heavy atom. The van der Waals surface area contributed by atoms with E-state index in [0.717, 1.165) is 25.9 Å². The lowest BCUT2D eigenvalue weighted by atomic mass is 10.1. The minimum Gasteiger partial charge on any atom is -0.315 e. The fraction of sp³-hybridized carbons (Fsp3) is 0.667. The van der Waals surface area contributed by atoms with E-state index < -0.39 is 6.43 Å². The van der Waals surface area contributed by atoms with Crippen molar-refractivity contribution < 1.29 is 8.78 Å². The Morgan fingerprint density at radius 2 is 2.43 bits per heavy atom. The van der Waals surface area contributed by atoms with E-state index in [1.807, 2.05) is 0 Å². The second kappa shape index (κ2) is 4.04. The highest BCUT2D eigenvalue weighted by molar-refractivity contribution is 5.03. The molecule has 5 heteroatoms. The lowest BCUT2D eigenvalue weighted by Crippen LogP contribution is -2.32. The van der Waals surface area contributed by atoms with Crippen LogP contribution in [0, 0.1) is 0 Å². The molecule has 2 rings (SSSR count). The Balaban J connectivity index is 2.17. The van der Waals surface area contributed by atoms with Gasteiger partial charge in [-0.25, -0.2) is 8.78 Å². The third-order valence-electron chi connectivity index (χ3n) is 2.54. The monoisotopic (exact) mass is 201 g/mol. The average Bonchev–Trinajstić information content (AvgIpc) is 2.67. The van der Waals surface area contributed by atoms with Gasteiger partial charge in [0.1, 0.15) is 5.69 Å². The van der Waals surface area contributed by atoms with Crippen molar-refractivity contribution in [2.75, 3.05) is 13.1 Å². The van der Waals surface area contributed by atoms with Gasteiger partial charge in [-0.3, -0.25) is 4.68 Å². The summed E-state index contributed by atoms with van der Waals surface area (Å²) in [6.45, 7) is 1.71. The first-order valence-electron chi connectivity index (χ1n) is 4.81. The van der Waals surface area contributed by atoms with Gasteiger partial charge in [-0.2, -0.15) is 5.10 Å². The van der Waals surface area contributed by atoms with E-state index in [1.165, 1.54) is 16.9 Å². The zero-order valence-electron chi connectivity index (χ0n) is 7.79. The summed E-state index contributed by atoms with van der Waals surface area (Å²) in [6.07, 6.45) is 0.956. The highest BCUT2D eigenvalue weighted by atomic mass is 19.3. The third-order valence-corrected chi connectivity index (χ3v) is 2.54. The van der Waals surface area contributed by atoms with Gasteiger partial charge in [-0.15, -0.1) is 0 Å². The summed E-state index contributed by atoms with van der Waals surface area (Å²) in [4.78, 5) is 0.